The zero-order valence-electron chi connectivity index (χ0n) is 45.6. The summed E-state index contributed by atoms with van der Waals surface area (Å²) in [5.41, 5.74) is 0. The van der Waals surface area contributed by atoms with Gasteiger partial charge in [-0.15, -0.1) is 0 Å². The van der Waals surface area contributed by atoms with E-state index in [-0.39, 0.29) is 18.5 Å². The third-order valence-corrected chi connectivity index (χ3v) is 13.9. The SMILES string of the molecule is CCCCC/C=C\C/C=C\CCCCCCCCCCCC(=O)OCCCCCCCCCCCCCCCCC(=O)NC(CO)C(O)/C=C/CCCCCCCCCCCCCCCCCC. The predicted molar refractivity (Wildman–Crippen MR) is 296 cm³/mol. The van der Waals surface area contributed by atoms with E-state index in [0.29, 0.717) is 19.4 Å². The second-order valence-electron chi connectivity index (χ2n) is 20.7. The second kappa shape index (κ2) is 57.7. The van der Waals surface area contributed by atoms with Crippen LogP contribution in [0.2, 0.25) is 0 Å². The van der Waals surface area contributed by atoms with Gasteiger partial charge in [-0.2, -0.15) is 0 Å². The molecule has 3 N–H and O–H groups in total. The molecule has 0 aromatic carbocycles. The van der Waals surface area contributed by atoms with Gasteiger partial charge in [-0.1, -0.05) is 281 Å². The Bertz CT molecular complexity index is 1100. The zero-order valence-corrected chi connectivity index (χ0v) is 45.6. The van der Waals surface area contributed by atoms with Crippen molar-refractivity contribution >= 4 is 11.9 Å². The number of hydrogen-bond donors (Lipinski definition) is 3. The summed E-state index contributed by atoms with van der Waals surface area (Å²) >= 11 is 0. The van der Waals surface area contributed by atoms with E-state index in [9.17, 15) is 19.8 Å². The van der Waals surface area contributed by atoms with Gasteiger partial charge >= 0.3 is 5.97 Å². The van der Waals surface area contributed by atoms with Gasteiger partial charge in [-0.3, -0.25) is 9.59 Å². The molecule has 0 saturated carbocycles. The Labute approximate surface area is 424 Å². The summed E-state index contributed by atoms with van der Waals surface area (Å²) in [6, 6.07) is -0.637. The van der Waals surface area contributed by atoms with Crippen LogP contribution in [0.5, 0.6) is 0 Å². The van der Waals surface area contributed by atoms with Crippen molar-refractivity contribution in [1.29, 1.82) is 0 Å². The number of allylic oxidation sites excluding steroid dienone is 5. The second-order valence-corrected chi connectivity index (χ2v) is 20.7. The topological polar surface area (TPSA) is 95.9 Å². The minimum Gasteiger partial charge on any atom is -0.466 e. The highest BCUT2D eigenvalue weighted by Gasteiger charge is 2.18. The van der Waals surface area contributed by atoms with Crippen molar-refractivity contribution in [2.75, 3.05) is 13.2 Å². The molecule has 0 rings (SSSR count). The third kappa shape index (κ3) is 53.4. The molecule has 2 atom stereocenters. The molecular formula is C62H117NO5. The Balaban J connectivity index is 3.46. The first-order valence-electron chi connectivity index (χ1n) is 30.3. The Hall–Kier alpha value is -1.92. The van der Waals surface area contributed by atoms with Gasteiger partial charge in [0.1, 0.15) is 0 Å². The monoisotopic (exact) mass is 956 g/mol. The van der Waals surface area contributed by atoms with Crippen LogP contribution < -0.4 is 5.32 Å². The number of esters is 1. The van der Waals surface area contributed by atoms with E-state index in [2.05, 4.69) is 43.5 Å². The molecule has 2 unspecified atom stereocenters. The molecule has 0 bridgehead atoms. The fraction of sp³-hybridized carbons (Fsp3) is 0.871. The highest BCUT2D eigenvalue weighted by atomic mass is 16.5. The fourth-order valence-corrected chi connectivity index (χ4v) is 9.25. The van der Waals surface area contributed by atoms with E-state index in [1.165, 1.54) is 231 Å². The third-order valence-electron chi connectivity index (χ3n) is 13.9. The molecule has 0 aromatic heterocycles. The van der Waals surface area contributed by atoms with Gasteiger partial charge in [0.2, 0.25) is 5.91 Å². The van der Waals surface area contributed by atoms with E-state index in [1.807, 2.05) is 6.08 Å². The lowest BCUT2D eigenvalue weighted by molar-refractivity contribution is -0.143. The Kier molecular flexibility index (Phi) is 56.0. The van der Waals surface area contributed by atoms with E-state index in [1.54, 1.807) is 6.08 Å². The molecule has 0 aliphatic heterocycles. The quantitative estimate of drug-likeness (QED) is 0.0321. The number of rotatable bonds is 56. The van der Waals surface area contributed by atoms with Crippen molar-refractivity contribution in [3.8, 4) is 0 Å². The maximum Gasteiger partial charge on any atom is 0.305 e. The summed E-state index contributed by atoms with van der Waals surface area (Å²) in [5, 5.41) is 23.2. The van der Waals surface area contributed by atoms with Gasteiger partial charge in [0.25, 0.3) is 0 Å². The summed E-state index contributed by atoms with van der Waals surface area (Å²) in [6.07, 6.45) is 71.6. The van der Waals surface area contributed by atoms with Crippen LogP contribution in [-0.4, -0.2) is 47.4 Å². The largest absolute Gasteiger partial charge is 0.466 e. The van der Waals surface area contributed by atoms with Crippen molar-refractivity contribution in [2.24, 2.45) is 0 Å². The summed E-state index contributed by atoms with van der Waals surface area (Å²) in [7, 11) is 0. The number of aliphatic hydroxyl groups is 2. The van der Waals surface area contributed by atoms with Crippen LogP contribution in [0, 0.1) is 0 Å². The van der Waals surface area contributed by atoms with Crippen molar-refractivity contribution in [3.63, 3.8) is 0 Å². The predicted octanol–water partition coefficient (Wildman–Crippen LogP) is 18.8. The van der Waals surface area contributed by atoms with Gasteiger partial charge in [0.15, 0.2) is 0 Å². The Morgan fingerprint density at radius 1 is 0.412 bits per heavy atom. The number of nitrogens with one attached hydrogen (secondary N) is 1. The van der Waals surface area contributed by atoms with Gasteiger partial charge in [-0.05, 0) is 64.2 Å². The first-order chi connectivity index (χ1) is 33.5. The number of carbonyl (C=O) groups is 2. The minimum atomic E-state index is -0.853. The van der Waals surface area contributed by atoms with Crippen molar-refractivity contribution in [1.82, 2.24) is 5.32 Å². The molecule has 400 valence electrons. The lowest BCUT2D eigenvalue weighted by Crippen LogP contribution is -2.45. The molecule has 0 aromatic rings. The van der Waals surface area contributed by atoms with Crippen molar-refractivity contribution < 1.29 is 24.5 Å². The molecule has 0 fully saturated rings. The highest BCUT2D eigenvalue weighted by molar-refractivity contribution is 5.76. The average molecular weight is 957 g/mol. The molecule has 0 heterocycles. The number of aliphatic hydroxyl groups excluding tert-OH is 2. The molecule has 0 radical (unpaired) electrons. The molecule has 0 saturated heterocycles. The number of unbranched alkanes of at least 4 members (excludes halogenated alkanes) is 41. The number of amides is 1. The summed E-state index contributed by atoms with van der Waals surface area (Å²) in [4.78, 5) is 24.6. The molecular weight excluding hydrogens is 839 g/mol. The first-order valence-corrected chi connectivity index (χ1v) is 30.3. The normalized spacial score (nSPS) is 12.8. The van der Waals surface area contributed by atoms with Crippen LogP contribution >= 0.6 is 0 Å². The van der Waals surface area contributed by atoms with Crippen LogP contribution in [0.4, 0.5) is 0 Å². The Morgan fingerprint density at radius 2 is 0.735 bits per heavy atom. The number of hydrogen-bond acceptors (Lipinski definition) is 5. The Morgan fingerprint density at radius 3 is 1.15 bits per heavy atom. The van der Waals surface area contributed by atoms with Gasteiger partial charge in [0.05, 0.1) is 25.4 Å². The summed E-state index contributed by atoms with van der Waals surface area (Å²) in [5.74, 6) is -0.0838. The van der Waals surface area contributed by atoms with Gasteiger partial charge < -0.3 is 20.3 Å². The standard InChI is InChI=1S/C62H117NO5/c1-3-5-7-9-11-13-15-17-19-21-23-25-27-32-36-40-44-48-52-56-62(67)68-57-53-49-45-41-37-33-29-28-31-35-39-43-47-51-55-61(66)63-59(58-64)60(65)54-50-46-42-38-34-30-26-24-22-20-18-16-14-12-10-8-6-4-2/h11,13,17,19,50,54,59-60,64-65H,3-10,12,14-16,18,20-49,51-53,55-58H2,1-2H3,(H,63,66)/b13-11-,19-17-,54-50+. The van der Waals surface area contributed by atoms with Crippen LogP contribution in [0.15, 0.2) is 36.5 Å². The van der Waals surface area contributed by atoms with Crippen LogP contribution in [0.25, 0.3) is 0 Å². The van der Waals surface area contributed by atoms with E-state index in [4.69, 9.17) is 4.74 Å². The summed E-state index contributed by atoms with van der Waals surface area (Å²) in [6.45, 7) is 4.87. The smallest absolute Gasteiger partial charge is 0.305 e. The van der Waals surface area contributed by atoms with Gasteiger partial charge in [0, 0.05) is 12.8 Å². The van der Waals surface area contributed by atoms with Crippen molar-refractivity contribution in [2.45, 2.75) is 334 Å². The molecule has 0 aliphatic rings. The zero-order chi connectivity index (χ0) is 49.3. The number of ether oxygens (including phenoxy) is 1. The maximum absolute atomic E-state index is 12.5. The number of carbonyl (C=O) groups excluding carboxylic acids is 2. The molecule has 0 spiro atoms. The minimum absolute atomic E-state index is 0.00695. The lowest BCUT2D eigenvalue weighted by atomic mass is 10.0. The lowest BCUT2D eigenvalue weighted by Gasteiger charge is -2.20. The average Bonchev–Trinajstić information content (AvgIpc) is 3.34. The summed E-state index contributed by atoms with van der Waals surface area (Å²) < 4.78 is 5.49. The molecule has 1 amide bonds. The molecule has 68 heavy (non-hydrogen) atoms. The highest BCUT2D eigenvalue weighted by Crippen LogP contribution is 2.17. The van der Waals surface area contributed by atoms with Crippen molar-refractivity contribution in [3.05, 3.63) is 36.5 Å². The van der Waals surface area contributed by atoms with Crippen LogP contribution in [-0.2, 0) is 14.3 Å². The van der Waals surface area contributed by atoms with Crippen LogP contribution in [0.1, 0.15) is 322 Å². The van der Waals surface area contributed by atoms with E-state index in [0.717, 1.165) is 64.2 Å². The molecule has 6 nitrogen and oxygen atoms in total. The van der Waals surface area contributed by atoms with Gasteiger partial charge in [-0.25, -0.2) is 0 Å². The van der Waals surface area contributed by atoms with E-state index >= 15 is 0 Å². The maximum atomic E-state index is 12.5. The first kappa shape index (κ1) is 66.1. The fourth-order valence-electron chi connectivity index (χ4n) is 9.25. The molecule has 0 aliphatic carbocycles. The van der Waals surface area contributed by atoms with Crippen LogP contribution in [0.3, 0.4) is 0 Å². The van der Waals surface area contributed by atoms with E-state index < -0.39 is 12.1 Å². The molecule has 6 heteroatoms.